The van der Waals surface area contributed by atoms with Crippen molar-refractivity contribution in [3.63, 3.8) is 0 Å². The molecule has 0 unspecified atom stereocenters. The predicted octanol–water partition coefficient (Wildman–Crippen LogP) is 1.78. The smallest absolute Gasteiger partial charge is 0.244 e. The largest absolute Gasteiger partial charge is 0.349 e. The Bertz CT molecular complexity index is 506. The van der Waals surface area contributed by atoms with Gasteiger partial charge in [0, 0.05) is 9.75 Å². The van der Waals surface area contributed by atoms with Gasteiger partial charge in [0.25, 0.3) is 0 Å². The molecule has 18 heavy (non-hydrogen) atoms. The van der Waals surface area contributed by atoms with E-state index in [4.69, 9.17) is 0 Å². The number of rotatable bonds is 5. The third kappa shape index (κ3) is 2.95. The number of thiophene rings is 1. The minimum Gasteiger partial charge on any atom is -0.349 e. The second-order valence-electron chi connectivity index (χ2n) is 3.99. The summed E-state index contributed by atoms with van der Waals surface area (Å²) in [5, 5.41) is 6.86. The molecule has 2 aromatic rings. The van der Waals surface area contributed by atoms with Crippen molar-refractivity contribution < 1.29 is 4.79 Å². The second-order valence-corrected chi connectivity index (χ2v) is 5.24. The predicted molar refractivity (Wildman–Crippen MR) is 70.3 cm³/mol. The van der Waals surface area contributed by atoms with Crippen LogP contribution in [0.15, 0.2) is 24.8 Å². The highest BCUT2D eigenvalue weighted by Crippen LogP contribution is 2.16. The van der Waals surface area contributed by atoms with E-state index >= 15 is 0 Å². The second kappa shape index (κ2) is 5.77. The van der Waals surface area contributed by atoms with Gasteiger partial charge in [-0.1, -0.05) is 6.92 Å². The highest BCUT2D eigenvalue weighted by Gasteiger charge is 2.14. The first-order valence-corrected chi connectivity index (χ1v) is 6.71. The van der Waals surface area contributed by atoms with Crippen molar-refractivity contribution in [2.75, 3.05) is 0 Å². The summed E-state index contributed by atoms with van der Waals surface area (Å²) in [7, 11) is 0. The average Bonchev–Trinajstić information content (AvgIpc) is 3.05. The van der Waals surface area contributed by atoms with E-state index in [1.165, 1.54) is 16.1 Å². The van der Waals surface area contributed by atoms with Crippen LogP contribution in [0.3, 0.4) is 0 Å². The molecule has 5 nitrogen and oxygen atoms in total. The Morgan fingerprint density at radius 1 is 1.50 bits per heavy atom. The van der Waals surface area contributed by atoms with Gasteiger partial charge in [-0.15, -0.1) is 11.3 Å². The molecule has 0 fully saturated rings. The third-order valence-corrected chi connectivity index (χ3v) is 3.95. The minimum absolute atomic E-state index is 0.0491. The van der Waals surface area contributed by atoms with Gasteiger partial charge in [-0.3, -0.25) is 4.79 Å². The molecule has 0 saturated heterocycles. The maximum absolute atomic E-state index is 11.9. The van der Waals surface area contributed by atoms with E-state index in [1.54, 1.807) is 29.3 Å². The lowest BCUT2D eigenvalue weighted by molar-refractivity contribution is -0.124. The molecule has 0 aliphatic carbocycles. The van der Waals surface area contributed by atoms with Crippen molar-refractivity contribution in [1.82, 2.24) is 20.1 Å². The lowest BCUT2D eigenvalue weighted by atomic mass is 10.3. The van der Waals surface area contributed by atoms with Crippen LogP contribution in [0.1, 0.15) is 29.6 Å². The van der Waals surface area contributed by atoms with Crippen LogP contribution < -0.4 is 5.32 Å². The summed E-state index contributed by atoms with van der Waals surface area (Å²) in [6.07, 6.45) is 4.01. The first kappa shape index (κ1) is 12.8. The number of aromatic nitrogens is 3. The summed E-state index contributed by atoms with van der Waals surface area (Å²) in [4.78, 5) is 18.2. The highest BCUT2D eigenvalue weighted by molar-refractivity contribution is 7.11. The number of hydrogen-bond donors (Lipinski definition) is 1. The topological polar surface area (TPSA) is 59.8 Å². The summed E-state index contributed by atoms with van der Waals surface area (Å²) >= 11 is 1.73. The van der Waals surface area contributed by atoms with Gasteiger partial charge in [0.2, 0.25) is 5.91 Å². The quantitative estimate of drug-likeness (QED) is 0.895. The molecule has 1 N–H and O–H groups in total. The van der Waals surface area contributed by atoms with Gasteiger partial charge in [-0.05, 0) is 25.5 Å². The SMILES string of the molecule is CCc1ccc(CNC(=O)[C@@H](C)n2cncn2)s1. The van der Waals surface area contributed by atoms with E-state index in [0.29, 0.717) is 6.54 Å². The molecule has 0 aliphatic heterocycles. The van der Waals surface area contributed by atoms with E-state index in [9.17, 15) is 4.79 Å². The Kier molecular flexibility index (Phi) is 4.09. The standard InChI is InChI=1S/C12H16N4OS/c1-3-10-4-5-11(18-10)6-14-12(17)9(2)16-8-13-7-15-16/h4-5,7-9H,3,6H2,1-2H3,(H,14,17)/t9-/m1/s1. The fraction of sp³-hybridized carbons (Fsp3) is 0.417. The Hall–Kier alpha value is -1.69. The molecule has 96 valence electrons. The van der Waals surface area contributed by atoms with Crippen molar-refractivity contribution >= 4 is 17.2 Å². The Morgan fingerprint density at radius 3 is 2.89 bits per heavy atom. The van der Waals surface area contributed by atoms with E-state index < -0.39 is 0 Å². The van der Waals surface area contributed by atoms with Crippen molar-refractivity contribution in [3.05, 3.63) is 34.5 Å². The maximum Gasteiger partial charge on any atom is 0.244 e. The highest BCUT2D eigenvalue weighted by atomic mass is 32.1. The van der Waals surface area contributed by atoms with Crippen LogP contribution in [-0.2, 0) is 17.8 Å². The van der Waals surface area contributed by atoms with Crippen LogP contribution in [0.4, 0.5) is 0 Å². The molecule has 0 radical (unpaired) electrons. The lowest BCUT2D eigenvalue weighted by Gasteiger charge is -2.11. The maximum atomic E-state index is 11.9. The van der Waals surface area contributed by atoms with Crippen molar-refractivity contribution in [3.8, 4) is 0 Å². The lowest BCUT2D eigenvalue weighted by Crippen LogP contribution is -2.30. The first-order chi connectivity index (χ1) is 8.70. The number of hydrogen-bond acceptors (Lipinski definition) is 4. The van der Waals surface area contributed by atoms with Gasteiger partial charge < -0.3 is 5.32 Å². The van der Waals surface area contributed by atoms with E-state index in [0.717, 1.165) is 6.42 Å². The number of carbonyl (C=O) groups is 1. The van der Waals surface area contributed by atoms with Gasteiger partial charge in [0.15, 0.2) is 0 Å². The van der Waals surface area contributed by atoms with Crippen molar-refractivity contribution in [2.24, 2.45) is 0 Å². The summed E-state index contributed by atoms with van der Waals surface area (Å²) < 4.78 is 1.54. The molecule has 0 aromatic carbocycles. The van der Waals surface area contributed by atoms with Crippen LogP contribution in [-0.4, -0.2) is 20.7 Å². The number of carbonyl (C=O) groups excluding carboxylic acids is 1. The first-order valence-electron chi connectivity index (χ1n) is 5.90. The summed E-state index contributed by atoms with van der Waals surface area (Å²) in [6.45, 7) is 4.50. The molecule has 0 spiro atoms. The number of amides is 1. The van der Waals surface area contributed by atoms with Crippen molar-refractivity contribution in [2.45, 2.75) is 32.9 Å². The van der Waals surface area contributed by atoms with Crippen LogP contribution in [0.25, 0.3) is 0 Å². The Balaban J connectivity index is 1.88. The Labute approximate surface area is 110 Å². The molecular formula is C12H16N4OS. The van der Waals surface area contributed by atoms with Crippen LogP contribution >= 0.6 is 11.3 Å². The zero-order valence-corrected chi connectivity index (χ0v) is 11.3. The van der Waals surface area contributed by atoms with Crippen LogP contribution in [0.5, 0.6) is 0 Å². The molecule has 2 rings (SSSR count). The molecule has 0 saturated carbocycles. The number of nitrogens with one attached hydrogen (secondary N) is 1. The molecule has 2 heterocycles. The molecule has 6 heteroatoms. The zero-order valence-electron chi connectivity index (χ0n) is 10.5. The van der Waals surface area contributed by atoms with Gasteiger partial charge in [0.1, 0.15) is 18.7 Å². The average molecular weight is 264 g/mol. The van der Waals surface area contributed by atoms with E-state index in [-0.39, 0.29) is 11.9 Å². The number of nitrogens with zero attached hydrogens (tertiary/aromatic N) is 3. The molecule has 1 atom stereocenters. The molecule has 0 aliphatic rings. The minimum atomic E-state index is -0.335. The monoisotopic (exact) mass is 264 g/mol. The zero-order chi connectivity index (χ0) is 13.0. The number of aryl methyl sites for hydroxylation is 1. The fourth-order valence-electron chi connectivity index (χ4n) is 1.57. The summed E-state index contributed by atoms with van der Waals surface area (Å²) in [5.74, 6) is -0.0491. The van der Waals surface area contributed by atoms with Gasteiger partial charge in [0.05, 0.1) is 6.54 Å². The summed E-state index contributed by atoms with van der Waals surface area (Å²) in [5.41, 5.74) is 0. The van der Waals surface area contributed by atoms with Crippen molar-refractivity contribution in [1.29, 1.82) is 0 Å². The fourth-order valence-corrected chi connectivity index (χ4v) is 2.46. The Morgan fingerprint density at radius 2 is 2.28 bits per heavy atom. The van der Waals surface area contributed by atoms with Gasteiger partial charge in [-0.2, -0.15) is 5.10 Å². The normalized spacial score (nSPS) is 12.3. The molecule has 1 amide bonds. The van der Waals surface area contributed by atoms with E-state index in [2.05, 4.69) is 34.5 Å². The summed E-state index contributed by atoms with van der Waals surface area (Å²) in [6, 6.07) is 3.83. The third-order valence-electron chi connectivity index (χ3n) is 2.72. The van der Waals surface area contributed by atoms with E-state index in [1.807, 2.05) is 0 Å². The van der Waals surface area contributed by atoms with Crippen LogP contribution in [0, 0.1) is 0 Å². The van der Waals surface area contributed by atoms with Crippen LogP contribution in [0.2, 0.25) is 0 Å². The van der Waals surface area contributed by atoms with Gasteiger partial charge >= 0.3 is 0 Å². The molecule has 2 aromatic heterocycles. The molecule has 0 bridgehead atoms. The van der Waals surface area contributed by atoms with Gasteiger partial charge in [-0.25, -0.2) is 9.67 Å². The molecular weight excluding hydrogens is 248 g/mol.